The lowest BCUT2D eigenvalue weighted by Gasteiger charge is -2.29. The van der Waals surface area contributed by atoms with E-state index in [2.05, 4.69) is 9.88 Å². The summed E-state index contributed by atoms with van der Waals surface area (Å²) in [6.07, 6.45) is 4.13. The van der Waals surface area contributed by atoms with Crippen molar-refractivity contribution < 1.29 is 5.11 Å². The Hall–Kier alpha value is -1.09. The summed E-state index contributed by atoms with van der Waals surface area (Å²) in [6, 6.07) is 5.99. The lowest BCUT2D eigenvalue weighted by Crippen LogP contribution is -2.39. The summed E-state index contributed by atoms with van der Waals surface area (Å²) in [6.45, 7) is 2.67. The molecule has 0 spiro atoms. The normalized spacial score (nSPS) is 18.7. The van der Waals surface area contributed by atoms with Crippen molar-refractivity contribution in [3.05, 3.63) is 23.9 Å². The number of nitrogens with zero attached hydrogens (tertiary/aromatic N) is 2. The second kappa shape index (κ2) is 4.42. The lowest BCUT2D eigenvalue weighted by molar-refractivity contribution is 0.0558. The highest BCUT2D eigenvalue weighted by atomic mass is 16.3. The average molecular weight is 220 g/mol. The van der Waals surface area contributed by atoms with Crippen LogP contribution in [0.2, 0.25) is 0 Å². The largest absolute Gasteiger partial charge is 0.388 e. The number of aliphatic hydroxyl groups is 1. The minimum Gasteiger partial charge on any atom is -0.388 e. The van der Waals surface area contributed by atoms with Gasteiger partial charge in [-0.05, 0) is 31.9 Å². The highest BCUT2D eigenvalue weighted by Crippen LogP contribution is 2.30. The lowest BCUT2D eigenvalue weighted by atomic mass is 10.0. The van der Waals surface area contributed by atoms with Crippen LogP contribution in [0.15, 0.2) is 18.2 Å². The first-order valence-corrected chi connectivity index (χ1v) is 5.96. The van der Waals surface area contributed by atoms with Crippen LogP contribution in [-0.2, 0) is 0 Å². The molecule has 1 aromatic heterocycles. The molecule has 0 aliphatic heterocycles. The maximum atomic E-state index is 10.3. The van der Waals surface area contributed by atoms with Gasteiger partial charge in [0.1, 0.15) is 5.82 Å². The fourth-order valence-corrected chi connectivity index (χ4v) is 2.45. The predicted molar refractivity (Wildman–Crippen MR) is 65.7 cm³/mol. The van der Waals surface area contributed by atoms with E-state index < -0.39 is 5.60 Å². The number of hydrogen-bond donors (Lipinski definition) is 1. The molecule has 0 bridgehead atoms. The SMILES string of the molecule is Cc1cccc(N(C)CC2(O)CCCC2)n1. The van der Waals surface area contributed by atoms with Gasteiger partial charge in [-0.25, -0.2) is 4.98 Å². The Labute approximate surface area is 97.1 Å². The van der Waals surface area contributed by atoms with Gasteiger partial charge in [0.15, 0.2) is 0 Å². The molecule has 88 valence electrons. The standard InChI is InChI=1S/C13H20N2O/c1-11-6-5-7-12(14-11)15(2)10-13(16)8-3-4-9-13/h5-7,16H,3-4,8-10H2,1-2H3. The summed E-state index contributed by atoms with van der Waals surface area (Å²) in [7, 11) is 2.00. The molecular weight excluding hydrogens is 200 g/mol. The van der Waals surface area contributed by atoms with Crippen molar-refractivity contribution in [2.24, 2.45) is 0 Å². The van der Waals surface area contributed by atoms with E-state index in [1.165, 1.54) is 0 Å². The van der Waals surface area contributed by atoms with Gasteiger partial charge in [0.2, 0.25) is 0 Å². The maximum absolute atomic E-state index is 10.3. The van der Waals surface area contributed by atoms with Crippen molar-refractivity contribution in [1.29, 1.82) is 0 Å². The second-order valence-corrected chi connectivity index (χ2v) is 4.92. The quantitative estimate of drug-likeness (QED) is 0.847. The van der Waals surface area contributed by atoms with Gasteiger partial charge in [0.05, 0.1) is 5.60 Å². The summed E-state index contributed by atoms with van der Waals surface area (Å²) in [5.41, 5.74) is 0.517. The number of rotatable bonds is 3. The van der Waals surface area contributed by atoms with Crippen molar-refractivity contribution in [3.8, 4) is 0 Å². The predicted octanol–water partition coefficient (Wildman–Crippen LogP) is 2.13. The Morgan fingerprint density at radius 1 is 1.38 bits per heavy atom. The van der Waals surface area contributed by atoms with Crippen LogP contribution in [0.25, 0.3) is 0 Å². The van der Waals surface area contributed by atoms with E-state index in [1.807, 2.05) is 32.2 Å². The smallest absolute Gasteiger partial charge is 0.128 e. The first-order valence-electron chi connectivity index (χ1n) is 5.96. The van der Waals surface area contributed by atoms with Crippen LogP contribution < -0.4 is 4.90 Å². The fourth-order valence-electron chi connectivity index (χ4n) is 2.45. The molecular formula is C13H20N2O. The van der Waals surface area contributed by atoms with Crippen molar-refractivity contribution >= 4 is 5.82 Å². The Morgan fingerprint density at radius 3 is 2.69 bits per heavy atom. The first-order chi connectivity index (χ1) is 7.59. The minimum absolute atomic E-state index is 0.500. The highest BCUT2D eigenvalue weighted by Gasteiger charge is 2.32. The van der Waals surface area contributed by atoms with Gasteiger partial charge in [-0.2, -0.15) is 0 Å². The van der Waals surface area contributed by atoms with E-state index in [0.29, 0.717) is 6.54 Å². The number of hydrogen-bond acceptors (Lipinski definition) is 3. The molecule has 0 atom stereocenters. The molecule has 16 heavy (non-hydrogen) atoms. The molecule has 1 aliphatic carbocycles. The average Bonchev–Trinajstić information content (AvgIpc) is 2.65. The Balaban J connectivity index is 2.05. The molecule has 0 radical (unpaired) electrons. The fraction of sp³-hybridized carbons (Fsp3) is 0.615. The summed E-state index contributed by atoms with van der Waals surface area (Å²) in [5, 5.41) is 10.3. The maximum Gasteiger partial charge on any atom is 0.128 e. The van der Waals surface area contributed by atoms with Gasteiger partial charge in [0, 0.05) is 19.3 Å². The molecule has 0 unspecified atom stereocenters. The van der Waals surface area contributed by atoms with Crippen LogP contribution in [0.1, 0.15) is 31.4 Å². The number of anilines is 1. The highest BCUT2D eigenvalue weighted by molar-refractivity contribution is 5.38. The summed E-state index contributed by atoms with van der Waals surface area (Å²) >= 11 is 0. The monoisotopic (exact) mass is 220 g/mol. The topological polar surface area (TPSA) is 36.4 Å². The molecule has 1 aromatic rings. The Kier molecular flexibility index (Phi) is 3.15. The summed E-state index contributed by atoms with van der Waals surface area (Å²) < 4.78 is 0. The van der Waals surface area contributed by atoms with E-state index in [9.17, 15) is 5.11 Å². The third-order valence-corrected chi connectivity index (χ3v) is 3.33. The van der Waals surface area contributed by atoms with Crippen LogP contribution in [-0.4, -0.2) is 29.3 Å². The molecule has 3 heteroatoms. The zero-order chi connectivity index (χ0) is 11.6. The van der Waals surface area contributed by atoms with Crippen molar-refractivity contribution in [3.63, 3.8) is 0 Å². The van der Waals surface area contributed by atoms with E-state index >= 15 is 0 Å². The van der Waals surface area contributed by atoms with Crippen LogP contribution >= 0.6 is 0 Å². The zero-order valence-corrected chi connectivity index (χ0v) is 10.1. The van der Waals surface area contributed by atoms with Crippen LogP contribution in [0.4, 0.5) is 5.82 Å². The molecule has 0 amide bonds. The third kappa shape index (κ3) is 2.53. The molecule has 1 N–H and O–H groups in total. The van der Waals surface area contributed by atoms with Gasteiger partial charge in [-0.3, -0.25) is 0 Å². The summed E-state index contributed by atoms with van der Waals surface area (Å²) in [5.74, 6) is 0.945. The van der Waals surface area contributed by atoms with Gasteiger partial charge in [0.25, 0.3) is 0 Å². The molecule has 1 aliphatic rings. The first kappa shape index (κ1) is 11.4. The molecule has 1 heterocycles. The molecule has 0 saturated heterocycles. The van der Waals surface area contributed by atoms with Crippen LogP contribution in [0, 0.1) is 6.92 Å². The Bertz CT molecular complexity index is 359. The summed E-state index contributed by atoms with van der Waals surface area (Å²) in [4.78, 5) is 6.51. The number of likely N-dealkylation sites (N-methyl/N-ethyl adjacent to an activating group) is 1. The number of pyridine rings is 1. The van der Waals surface area contributed by atoms with Crippen molar-refractivity contribution in [2.45, 2.75) is 38.2 Å². The number of aryl methyl sites for hydroxylation is 1. The van der Waals surface area contributed by atoms with Gasteiger partial charge in [-0.15, -0.1) is 0 Å². The van der Waals surface area contributed by atoms with Gasteiger partial charge in [-0.1, -0.05) is 18.9 Å². The molecule has 0 aromatic carbocycles. The van der Waals surface area contributed by atoms with Gasteiger partial charge < -0.3 is 10.0 Å². The zero-order valence-electron chi connectivity index (χ0n) is 10.1. The molecule has 3 nitrogen and oxygen atoms in total. The van der Waals surface area contributed by atoms with Crippen LogP contribution in [0.5, 0.6) is 0 Å². The molecule has 1 saturated carbocycles. The minimum atomic E-state index is -0.500. The van der Waals surface area contributed by atoms with Crippen molar-refractivity contribution in [1.82, 2.24) is 4.98 Å². The van der Waals surface area contributed by atoms with Crippen molar-refractivity contribution in [2.75, 3.05) is 18.5 Å². The van der Waals surface area contributed by atoms with E-state index in [0.717, 1.165) is 37.2 Å². The van der Waals surface area contributed by atoms with Gasteiger partial charge >= 0.3 is 0 Å². The molecule has 1 fully saturated rings. The number of aromatic nitrogens is 1. The van der Waals surface area contributed by atoms with Crippen LogP contribution in [0.3, 0.4) is 0 Å². The molecule has 2 rings (SSSR count). The third-order valence-electron chi connectivity index (χ3n) is 3.33. The Morgan fingerprint density at radius 2 is 2.06 bits per heavy atom. The van der Waals surface area contributed by atoms with E-state index in [-0.39, 0.29) is 0 Å². The van der Waals surface area contributed by atoms with E-state index in [4.69, 9.17) is 0 Å². The second-order valence-electron chi connectivity index (χ2n) is 4.92. The van der Waals surface area contributed by atoms with E-state index in [1.54, 1.807) is 0 Å².